The highest BCUT2D eigenvalue weighted by atomic mass is 16.5. The Labute approximate surface area is 146 Å². The molecular formula is C19H20N4O2. The zero-order valence-corrected chi connectivity index (χ0v) is 14.0. The molecule has 0 unspecified atom stereocenters. The first-order valence-electron chi connectivity index (χ1n) is 8.26. The second kappa shape index (κ2) is 8.10. The summed E-state index contributed by atoms with van der Waals surface area (Å²) in [5.41, 5.74) is 2.74. The van der Waals surface area contributed by atoms with Gasteiger partial charge in [-0.2, -0.15) is 4.98 Å². The number of benzene rings is 2. The number of hydrogen-bond acceptors (Lipinski definition) is 5. The van der Waals surface area contributed by atoms with E-state index in [4.69, 9.17) is 4.52 Å². The molecule has 0 fully saturated rings. The molecule has 0 atom stereocenters. The third kappa shape index (κ3) is 4.67. The first kappa shape index (κ1) is 16.7. The van der Waals surface area contributed by atoms with Gasteiger partial charge in [-0.15, -0.1) is 0 Å². The summed E-state index contributed by atoms with van der Waals surface area (Å²) in [7, 11) is 0. The van der Waals surface area contributed by atoms with Gasteiger partial charge in [0.2, 0.25) is 5.91 Å². The molecule has 1 amide bonds. The van der Waals surface area contributed by atoms with Gasteiger partial charge in [0.1, 0.15) is 0 Å². The van der Waals surface area contributed by atoms with Crippen LogP contribution in [0.5, 0.6) is 0 Å². The fraction of sp³-hybridized carbons (Fsp3) is 0.211. The second-order valence-electron chi connectivity index (χ2n) is 5.64. The minimum absolute atomic E-state index is 0.0358. The number of anilines is 2. The summed E-state index contributed by atoms with van der Waals surface area (Å²) >= 11 is 0. The van der Waals surface area contributed by atoms with Crippen molar-refractivity contribution >= 4 is 17.5 Å². The largest absolute Gasteiger partial charge is 0.347 e. The number of carbonyl (C=O) groups is 1. The van der Waals surface area contributed by atoms with E-state index in [1.807, 2.05) is 61.5 Å². The Morgan fingerprint density at radius 2 is 1.84 bits per heavy atom. The fourth-order valence-electron chi connectivity index (χ4n) is 2.33. The first-order valence-corrected chi connectivity index (χ1v) is 8.26. The SMILES string of the molecule is CCCC(=O)Nc1ccc(CNc2noc(-c3ccccc3)n2)cc1. The Balaban J connectivity index is 1.55. The maximum absolute atomic E-state index is 11.6. The van der Waals surface area contributed by atoms with Gasteiger partial charge in [-0.3, -0.25) is 4.79 Å². The minimum atomic E-state index is 0.0358. The zero-order chi connectivity index (χ0) is 17.5. The predicted octanol–water partition coefficient (Wildman–Crippen LogP) is 4.09. The average molecular weight is 336 g/mol. The maximum Gasteiger partial charge on any atom is 0.264 e. The van der Waals surface area contributed by atoms with Crippen molar-refractivity contribution in [2.75, 3.05) is 10.6 Å². The summed E-state index contributed by atoms with van der Waals surface area (Å²) in [6.07, 6.45) is 1.37. The molecule has 25 heavy (non-hydrogen) atoms. The highest BCUT2D eigenvalue weighted by Crippen LogP contribution is 2.18. The van der Waals surface area contributed by atoms with Crippen molar-refractivity contribution in [3.8, 4) is 11.5 Å². The molecular weight excluding hydrogens is 316 g/mol. The van der Waals surface area contributed by atoms with Gasteiger partial charge in [0.15, 0.2) is 0 Å². The molecule has 0 aliphatic rings. The summed E-state index contributed by atoms with van der Waals surface area (Å²) < 4.78 is 5.25. The lowest BCUT2D eigenvalue weighted by molar-refractivity contribution is -0.116. The van der Waals surface area contributed by atoms with E-state index >= 15 is 0 Å². The van der Waals surface area contributed by atoms with E-state index in [9.17, 15) is 4.79 Å². The van der Waals surface area contributed by atoms with Gasteiger partial charge in [0, 0.05) is 24.2 Å². The van der Waals surface area contributed by atoms with E-state index in [1.54, 1.807) is 0 Å². The van der Waals surface area contributed by atoms with Gasteiger partial charge >= 0.3 is 0 Å². The van der Waals surface area contributed by atoms with Crippen LogP contribution < -0.4 is 10.6 Å². The quantitative estimate of drug-likeness (QED) is 0.679. The van der Waals surface area contributed by atoms with Gasteiger partial charge < -0.3 is 15.2 Å². The summed E-state index contributed by atoms with van der Waals surface area (Å²) in [5.74, 6) is 0.963. The normalized spacial score (nSPS) is 10.4. The molecule has 0 radical (unpaired) electrons. The van der Waals surface area contributed by atoms with Crippen molar-refractivity contribution in [3.63, 3.8) is 0 Å². The van der Waals surface area contributed by atoms with Crippen LogP contribution in [0, 0.1) is 0 Å². The monoisotopic (exact) mass is 336 g/mol. The van der Waals surface area contributed by atoms with E-state index in [-0.39, 0.29) is 5.91 Å². The predicted molar refractivity (Wildman–Crippen MR) is 97.0 cm³/mol. The van der Waals surface area contributed by atoms with Gasteiger partial charge in [0.25, 0.3) is 11.8 Å². The molecule has 1 aromatic heterocycles. The fourth-order valence-corrected chi connectivity index (χ4v) is 2.33. The van der Waals surface area contributed by atoms with E-state index in [0.717, 1.165) is 23.2 Å². The molecule has 128 valence electrons. The minimum Gasteiger partial charge on any atom is -0.347 e. The van der Waals surface area contributed by atoms with Crippen LogP contribution in [0.4, 0.5) is 11.6 Å². The Kier molecular flexibility index (Phi) is 5.41. The van der Waals surface area contributed by atoms with Crippen LogP contribution in [-0.2, 0) is 11.3 Å². The third-order valence-corrected chi connectivity index (χ3v) is 3.61. The standard InChI is InChI=1S/C19H20N4O2/c1-2-6-17(24)21-16-11-9-14(10-12-16)13-20-19-22-18(25-23-19)15-7-4-3-5-8-15/h3-5,7-12H,2,6,13H2,1H3,(H,20,23)(H,21,24). The van der Waals surface area contributed by atoms with Gasteiger partial charge in [0.05, 0.1) is 0 Å². The molecule has 2 N–H and O–H groups in total. The van der Waals surface area contributed by atoms with Crippen molar-refractivity contribution in [3.05, 3.63) is 60.2 Å². The summed E-state index contributed by atoms with van der Waals surface area (Å²) in [6, 6.07) is 17.3. The van der Waals surface area contributed by atoms with Gasteiger partial charge in [-0.1, -0.05) is 37.3 Å². The van der Waals surface area contributed by atoms with Crippen molar-refractivity contribution in [2.24, 2.45) is 0 Å². The Morgan fingerprint density at radius 3 is 2.56 bits per heavy atom. The lowest BCUT2D eigenvalue weighted by Crippen LogP contribution is -2.10. The highest BCUT2D eigenvalue weighted by Gasteiger charge is 2.08. The molecule has 6 nitrogen and oxygen atoms in total. The maximum atomic E-state index is 11.6. The van der Waals surface area contributed by atoms with Crippen molar-refractivity contribution in [1.29, 1.82) is 0 Å². The molecule has 0 spiro atoms. The lowest BCUT2D eigenvalue weighted by Gasteiger charge is -2.06. The van der Waals surface area contributed by atoms with Gasteiger partial charge in [-0.25, -0.2) is 0 Å². The molecule has 3 rings (SSSR count). The zero-order valence-electron chi connectivity index (χ0n) is 14.0. The number of nitrogens with zero attached hydrogens (tertiary/aromatic N) is 2. The Bertz CT molecular complexity index is 813. The molecule has 0 aliphatic carbocycles. The average Bonchev–Trinajstić information content (AvgIpc) is 3.11. The molecule has 2 aromatic carbocycles. The smallest absolute Gasteiger partial charge is 0.264 e. The van der Waals surface area contributed by atoms with Crippen molar-refractivity contribution < 1.29 is 9.32 Å². The van der Waals surface area contributed by atoms with Crippen LogP contribution >= 0.6 is 0 Å². The molecule has 0 saturated carbocycles. The van der Waals surface area contributed by atoms with Crippen LogP contribution in [0.3, 0.4) is 0 Å². The van der Waals surface area contributed by atoms with Crippen LogP contribution in [0.15, 0.2) is 59.1 Å². The number of aromatic nitrogens is 2. The molecule has 1 heterocycles. The topological polar surface area (TPSA) is 80.0 Å². The van der Waals surface area contributed by atoms with Crippen LogP contribution in [0.1, 0.15) is 25.3 Å². The number of rotatable bonds is 7. The first-order chi connectivity index (χ1) is 12.2. The number of nitrogens with one attached hydrogen (secondary N) is 2. The Hall–Kier alpha value is -3.15. The lowest BCUT2D eigenvalue weighted by atomic mass is 10.2. The Morgan fingerprint density at radius 1 is 1.08 bits per heavy atom. The van der Waals surface area contributed by atoms with E-state index in [1.165, 1.54) is 0 Å². The highest BCUT2D eigenvalue weighted by molar-refractivity contribution is 5.90. The van der Waals surface area contributed by atoms with Crippen molar-refractivity contribution in [2.45, 2.75) is 26.3 Å². The third-order valence-electron chi connectivity index (χ3n) is 3.61. The molecule has 0 bridgehead atoms. The molecule has 6 heteroatoms. The van der Waals surface area contributed by atoms with Crippen LogP contribution in [0.25, 0.3) is 11.5 Å². The number of amides is 1. The van der Waals surface area contributed by atoms with E-state index in [0.29, 0.717) is 24.8 Å². The molecule has 0 saturated heterocycles. The second-order valence-corrected chi connectivity index (χ2v) is 5.64. The number of hydrogen-bond donors (Lipinski definition) is 2. The van der Waals surface area contributed by atoms with Crippen molar-refractivity contribution in [1.82, 2.24) is 10.1 Å². The van der Waals surface area contributed by atoms with Gasteiger partial charge in [-0.05, 0) is 41.4 Å². The summed E-state index contributed by atoms with van der Waals surface area (Å²) in [4.78, 5) is 15.9. The van der Waals surface area contributed by atoms with Crippen LogP contribution in [-0.4, -0.2) is 16.0 Å². The summed E-state index contributed by atoms with van der Waals surface area (Å²) in [6.45, 7) is 2.55. The van der Waals surface area contributed by atoms with Crippen LogP contribution in [0.2, 0.25) is 0 Å². The van der Waals surface area contributed by atoms with E-state index in [2.05, 4.69) is 20.8 Å². The van der Waals surface area contributed by atoms with E-state index < -0.39 is 0 Å². The summed E-state index contributed by atoms with van der Waals surface area (Å²) in [5, 5.41) is 9.93. The molecule has 0 aliphatic heterocycles. The molecule has 3 aromatic rings. The number of carbonyl (C=O) groups excluding carboxylic acids is 1.